The lowest BCUT2D eigenvalue weighted by Gasteiger charge is -2.25. The largest absolute Gasteiger partial charge is 0.416 e. The number of hydrogen-bond donors (Lipinski definition) is 0. The molecule has 54 heavy (non-hydrogen) atoms. The van der Waals surface area contributed by atoms with Crippen LogP contribution in [0.4, 0.5) is 26.3 Å². The Balaban J connectivity index is 1.17. The van der Waals surface area contributed by atoms with E-state index in [0.717, 1.165) is 73.0 Å². The van der Waals surface area contributed by atoms with Crippen LogP contribution in [0.25, 0.3) is 60.9 Å². The maximum atomic E-state index is 13.3. The average molecular weight is 732 g/mol. The van der Waals surface area contributed by atoms with Crippen LogP contribution in [0.2, 0.25) is 0 Å². The van der Waals surface area contributed by atoms with Gasteiger partial charge in [-0.1, -0.05) is 123 Å². The molecule has 5 aromatic carbocycles. The lowest BCUT2D eigenvalue weighted by Crippen LogP contribution is -2.27. The van der Waals surface area contributed by atoms with E-state index in [-0.39, 0.29) is 0 Å². The van der Waals surface area contributed by atoms with E-state index in [2.05, 4.69) is 6.58 Å². The number of benzene rings is 5. The average Bonchev–Trinajstić information content (AvgIpc) is 3.58. The first-order chi connectivity index (χ1) is 25.7. The van der Waals surface area contributed by atoms with Crippen LogP contribution in [-0.2, 0) is 6.18 Å². The third-order valence-electron chi connectivity index (χ3n) is 9.82. The minimum absolute atomic E-state index is 0.649. The quantitative estimate of drug-likeness (QED) is 0.121. The summed E-state index contributed by atoms with van der Waals surface area (Å²) < 4.78 is 79.1. The Morgan fingerprint density at radius 2 is 1.31 bits per heavy atom. The molecule has 0 amide bonds. The van der Waals surface area contributed by atoms with Crippen LogP contribution in [0.3, 0.4) is 0 Å². The van der Waals surface area contributed by atoms with Crippen LogP contribution in [0.15, 0.2) is 146 Å². The Morgan fingerprint density at radius 1 is 0.722 bits per heavy atom. The molecule has 0 saturated carbocycles. The minimum Gasteiger partial charge on any atom is -0.170 e. The molecule has 2 unspecified atom stereocenters. The van der Waals surface area contributed by atoms with Gasteiger partial charge in [0.15, 0.2) is 0 Å². The van der Waals surface area contributed by atoms with Crippen molar-refractivity contribution in [2.24, 2.45) is 11.8 Å². The van der Waals surface area contributed by atoms with Crippen LogP contribution in [0.1, 0.15) is 37.5 Å². The molecule has 272 valence electrons. The zero-order valence-electron chi connectivity index (χ0n) is 29.7. The van der Waals surface area contributed by atoms with Crippen molar-refractivity contribution >= 4 is 38.6 Å². The summed E-state index contributed by atoms with van der Waals surface area (Å²) in [5.74, 6) is -2.13. The van der Waals surface area contributed by atoms with Crippen LogP contribution in [0, 0.1) is 11.8 Å². The molecule has 1 aliphatic rings. The molecule has 0 saturated heterocycles. The SMILES string of the molecule is C=C(C)/C(=C\C=C(/C)c1ccc(C2=CC(C)C(C(F)(F)F)C=C2)cc1)n1nc2cc(-c3ccc(-c4ccc(C(F)(F)F)cc4)cc3)c3ccccc3c2n1. The Morgan fingerprint density at radius 3 is 1.91 bits per heavy atom. The summed E-state index contributed by atoms with van der Waals surface area (Å²) in [7, 11) is 0. The van der Waals surface area contributed by atoms with Gasteiger partial charge in [-0.3, -0.25) is 0 Å². The van der Waals surface area contributed by atoms with Crippen molar-refractivity contribution in [3.05, 3.63) is 162 Å². The summed E-state index contributed by atoms with van der Waals surface area (Å²) in [5.41, 5.74) is 9.05. The zero-order chi connectivity index (χ0) is 38.4. The van der Waals surface area contributed by atoms with Gasteiger partial charge in [0, 0.05) is 5.39 Å². The van der Waals surface area contributed by atoms with Crippen LogP contribution >= 0.6 is 0 Å². The summed E-state index contributed by atoms with van der Waals surface area (Å²) >= 11 is 0. The molecule has 7 rings (SSSR count). The zero-order valence-corrected chi connectivity index (χ0v) is 29.7. The van der Waals surface area contributed by atoms with Gasteiger partial charge in [-0.15, -0.1) is 10.2 Å². The lowest BCUT2D eigenvalue weighted by molar-refractivity contribution is -0.168. The number of aromatic nitrogens is 3. The molecule has 2 atom stereocenters. The first-order valence-electron chi connectivity index (χ1n) is 17.4. The Kier molecular flexibility index (Phi) is 9.52. The predicted octanol–water partition coefficient (Wildman–Crippen LogP) is 13.2. The molecule has 0 bridgehead atoms. The highest BCUT2D eigenvalue weighted by molar-refractivity contribution is 6.11. The Hall–Kier alpha value is -5.96. The smallest absolute Gasteiger partial charge is 0.170 e. The maximum absolute atomic E-state index is 13.3. The number of fused-ring (bicyclic) bond motifs is 3. The van der Waals surface area contributed by atoms with Crippen molar-refractivity contribution in [1.29, 1.82) is 0 Å². The fraction of sp³-hybridized carbons (Fsp3) is 0.156. The number of rotatable bonds is 7. The highest BCUT2D eigenvalue weighted by Gasteiger charge is 2.41. The molecular weight excluding hydrogens is 697 g/mol. The summed E-state index contributed by atoms with van der Waals surface area (Å²) in [6, 6.07) is 30.5. The summed E-state index contributed by atoms with van der Waals surface area (Å²) in [5, 5.41) is 11.7. The molecule has 0 fully saturated rings. The van der Waals surface area contributed by atoms with Gasteiger partial charge in [-0.25, -0.2) is 0 Å². The van der Waals surface area contributed by atoms with E-state index < -0.39 is 29.8 Å². The van der Waals surface area contributed by atoms with E-state index in [4.69, 9.17) is 10.2 Å². The van der Waals surface area contributed by atoms with Gasteiger partial charge in [0.25, 0.3) is 0 Å². The number of halogens is 6. The van der Waals surface area contributed by atoms with Gasteiger partial charge in [0.1, 0.15) is 11.0 Å². The molecule has 0 aliphatic heterocycles. The minimum atomic E-state index is -4.39. The summed E-state index contributed by atoms with van der Waals surface area (Å²) in [4.78, 5) is 1.58. The molecule has 0 spiro atoms. The summed E-state index contributed by atoms with van der Waals surface area (Å²) in [6.45, 7) is 9.63. The summed E-state index contributed by atoms with van der Waals surface area (Å²) in [6.07, 6.45) is -0.317. The topological polar surface area (TPSA) is 30.7 Å². The predicted molar refractivity (Wildman–Crippen MR) is 206 cm³/mol. The van der Waals surface area contributed by atoms with Gasteiger partial charge in [-0.2, -0.15) is 31.1 Å². The lowest BCUT2D eigenvalue weighted by atomic mass is 9.84. The second kappa shape index (κ2) is 14.1. The van der Waals surface area contributed by atoms with Crippen molar-refractivity contribution in [3.8, 4) is 22.3 Å². The normalized spacial score (nSPS) is 16.9. The number of allylic oxidation sites excluding steroid dienone is 9. The van der Waals surface area contributed by atoms with Crippen molar-refractivity contribution in [1.82, 2.24) is 15.0 Å². The van der Waals surface area contributed by atoms with Gasteiger partial charge < -0.3 is 0 Å². The van der Waals surface area contributed by atoms with Crippen molar-refractivity contribution in [3.63, 3.8) is 0 Å². The molecule has 1 aromatic heterocycles. The van der Waals surface area contributed by atoms with Crippen molar-refractivity contribution in [2.45, 2.75) is 33.1 Å². The number of hydrogen-bond acceptors (Lipinski definition) is 2. The van der Waals surface area contributed by atoms with E-state index in [1.54, 1.807) is 23.9 Å². The number of nitrogens with zero attached hydrogens (tertiary/aromatic N) is 3. The molecule has 0 radical (unpaired) electrons. The second-order valence-corrected chi connectivity index (χ2v) is 13.6. The Labute approximate surface area is 309 Å². The first kappa shape index (κ1) is 36.4. The van der Waals surface area contributed by atoms with E-state index >= 15 is 0 Å². The monoisotopic (exact) mass is 731 g/mol. The standard InChI is InChI=1S/C45H35F6N3/c1-27(2)42(24-9-28(3)30-10-12-33(13-11-30)35-20-23-40(29(4)25-35)45(49,50)51)54-52-41-26-39(37-7-5-6-8-38(37)43(41)53-54)34-16-14-31(15-17-34)32-18-21-36(22-19-32)44(46,47)48/h5-26,29,40H,1H2,2-4H3/b28-9+,42-24+. The van der Waals surface area contributed by atoms with E-state index in [0.29, 0.717) is 16.8 Å². The molecule has 9 heteroatoms. The highest BCUT2D eigenvalue weighted by Crippen LogP contribution is 2.39. The van der Waals surface area contributed by atoms with Gasteiger partial charge in [0.05, 0.1) is 17.2 Å². The van der Waals surface area contributed by atoms with Crippen molar-refractivity contribution in [2.75, 3.05) is 0 Å². The van der Waals surface area contributed by atoms with E-state index in [1.807, 2.05) is 105 Å². The molecule has 1 aliphatic carbocycles. The van der Waals surface area contributed by atoms with Crippen molar-refractivity contribution < 1.29 is 26.3 Å². The fourth-order valence-electron chi connectivity index (χ4n) is 6.82. The van der Waals surface area contributed by atoms with E-state index in [9.17, 15) is 26.3 Å². The molecule has 0 N–H and O–H groups in total. The van der Waals surface area contributed by atoms with Crippen LogP contribution in [-0.4, -0.2) is 21.2 Å². The van der Waals surface area contributed by atoms with Gasteiger partial charge in [-0.05, 0) is 99.5 Å². The number of alkyl halides is 6. The molecule has 6 aromatic rings. The first-order valence-corrected chi connectivity index (χ1v) is 17.4. The third kappa shape index (κ3) is 7.31. The van der Waals surface area contributed by atoms with Crippen LogP contribution < -0.4 is 0 Å². The molecule has 3 nitrogen and oxygen atoms in total. The van der Waals surface area contributed by atoms with Gasteiger partial charge in [0.2, 0.25) is 0 Å². The third-order valence-corrected chi connectivity index (χ3v) is 9.82. The van der Waals surface area contributed by atoms with E-state index in [1.165, 1.54) is 18.2 Å². The highest BCUT2D eigenvalue weighted by atomic mass is 19.4. The fourth-order valence-corrected chi connectivity index (χ4v) is 6.82. The maximum Gasteiger partial charge on any atom is 0.416 e. The van der Waals surface area contributed by atoms with Gasteiger partial charge >= 0.3 is 12.4 Å². The Bertz CT molecular complexity index is 2490. The molecule has 1 heterocycles. The van der Waals surface area contributed by atoms with Crippen LogP contribution in [0.5, 0.6) is 0 Å². The second-order valence-electron chi connectivity index (χ2n) is 13.6. The molecular formula is C45H35F6N3.